The van der Waals surface area contributed by atoms with Crippen molar-refractivity contribution >= 4 is 33.2 Å². The number of hydrogen-bond acceptors (Lipinski definition) is 6. The number of benzene rings is 1. The molecule has 0 aliphatic carbocycles. The molecule has 9 nitrogen and oxygen atoms in total. The number of morpholine rings is 1. The van der Waals surface area contributed by atoms with E-state index in [1.807, 2.05) is 13.8 Å². The molecule has 28 heavy (non-hydrogen) atoms. The van der Waals surface area contributed by atoms with Gasteiger partial charge in [0.2, 0.25) is 10.0 Å². The Hall–Kier alpha value is -2.14. The number of aromatic nitrogens is 2. The molecule has 2 aliphatic rings. The number of hydrogen-bond donors (Lipinski definition) is 2. The fourth-order valence-electron chi connectivity index (χ4n) is 3.56. The van der Waals surface area contributed by atoms with Gasteiger partial charge < -0.3 is 14.8 Å². The van der Waals surface area contributed by atoms with E-state index in [0.717, 1.165) is 17.0 Å². The standard InChI is InChI=1S/C17H19ClN4O5S/c1-9-17(10(2)21-20-9)13-7-26-4-3-22(13)28(24,25)15-6-14-12(5-11(15)18)19-16(23)8-27-14/h5-6,13H,3-4,7-8H2,1-2H3,(H,19,23)(H,20,21). The Morgan fingerprint density at radius 1 is 1.32 bits per heavy atom. The van der Waals surface area contributed by atoms with Crippen LogP contribution in [0, 0.1) is 13.8 Å². The van der Waals surface area contributed by atoms with Gasteiger partial charge in [0.05, 0.1) is 35.7 Å². The van der Waals surface area contributed by atoms with Gasteiger partial charge in [0, 0.05) is 23.9 Å². The van der Waals surface area contributed by atoms with Gasteiger partial charge in [-0.2, -0.15) is 9.40 Å². The summed E-state index contributed by atoms with van der Waals surface area (Å²) in [5.74, 6) is -0.0543. The summed E-state index contributed by atoms with van der Waals surface area (Å²) in [7, 11) is -3.96. The zero-order valence-corrected chi connectivity index (χ0v) is 16.9. The van der Waals surface area contributed by atoms with Gasteiger partial charge in [-0.15, -0.1) is 0 Å². The number of halogens is 1. The number of nitrogens with zero attached hydrogens (tertiary/aromatic N) is 2. The number of aromatic amines is 1. The van der Waals surface area contributed by atoms with E-state index < -0.39 is 16.1 Å². The Bertz CT molecular complexity index is 1030. The van der Waals surface area contributed by atoms with Gasteiger partial charge in [-0.05, 0) is 19.9 Å². The molecule has 1 saturated heterocycles. The maximum absolute atomic E-state index is 13.5. The Morgan fingerprint density at radius 3 is 2.82 bits per heavy atom. The van der Waals surface area contributed by atoms with Crippen molar-refractivity contribution in [3.05, 3.63) is 34.1 Å². The molecule has 1 atom stereocenters. The number of nitrogens with one attached hydrogen (secondary N) is 2. The number of carbonyl (C=O) groups is 1. The van der Waals surface area contributed by atoms with Crippen LogP contribution in [0.25, 0.3) is 0 Å². The molecular weight excluding hydrogens is 408 g/mol. The molecule has 0 saturated carbocycles. The van der Waals surface area contributed by atoms with Crippen LogP contribution in [0.15, 0.2) is 17.0 Å². The van der Waals surface area contributed by atoms with Crippen LogP contribution in [0.5, 0.6) is 5.75 Å². The summed E-state index contributed by atoms with van der Waals surface area (Å²) < 4.78 is 39.3. The van der Waals surface area contributed by atoms with Crippen LogP contribution in [0.2, 0.25) is 5.02 Å². The third-order valence-corrected chi connectivity index (χ3v) is 7.22. The first-order valence-corrected chi connectivity index (χ1v) is 10.5. The topological polar surface area (TPSA) is 114 Å². The lowest BCUT2D eigenvalue weighted by molar-refractivity contribution is -0.118. The molecule has 3 heterocycles. The van der Waals surface area contributed by atoms with Crippen molar-refractivity contribution in [2.24, 2.45) is 0 Å². The average molecular weight is 427 g/mol. The smallest absolute Gasteiger partial charge is 0.262 e. The summed E-state index contributed by atoms with van der Waals surface area (Å²) in [5, 5.41) is 9.69. The lowest BCUT2D eigenvalue weighted by Gasteiger charge is -2.35. The van der Waals surface area contributed by atoms with Gasteiger partial charge in [-0.1, -0.05) is 11.6 Å². The maximum atomic E-state index is 13.5. The zero-order chi connectivity index (χ0) is 20.1. The molecule has 2 aliphatic heterocycles. The van der Waals surface area contributed by atoms with E-state index in [1.54, 1.807) is 0 Å². The van der Waals surface area contributed by atoms with Crippen LogP contribution in [0.3, 0.4) is 0 Å². The first kappa shape index (κ1) is 19.2. The Labute approximate surface area is 167 Å². The third-order valence-electron chi connectivity index (χ3n) is 4.85. The summed E-state index contributed by atoms with van der Waals surface area (Å²) in [6, 6.07) is 2.23. The number of anilines is 1. The molecule has 2 aromatic rings. The van der Waals surface area contributed by atoms with Crippen LogP contribution in [-0.2, 0) is 19.6 Å². The van der Waals surface area contributed by atoms with Crippen molar-refractivity contribution in [3.8, 4) is 5.75 Å². The minimum Gasteiger partial charge on any atom is -0.482 e. The largest absolute Gasteiger partial charge is 0.482 e. The number of ether oxygens (including phenoxy) is 2. The van der Waals surface area contributed by atoms with Gasteiger partial charge in [-0.25, -0.2) is 8.42 Å². The van der Waals surface area contributed by atoms with Crippen molar-refractivity contribution in [2.75, 3.05) is 31.7 Å². The van der Waals surface area contributed by atoms with E-state index in [9.17, 15) is 13.2 Å². The van der Waals surface area contributed by atoms with E-state index in [4.69, 9.17) is 21.1 Å². The fraction of sp³-hybridized carbons (Fsp3) is 0.412. The number of rotatable bonds is 3. The monoisotopic (exact) mass is 426 g/mol. The Kier molecular flexibility index (Phi) is 4.82. The van der Waals surface area contributed by atoms with Crippen molar-refractivity contribution in [3.63, 3.8) is 0 Å². The molecule has 1 aromatic carbocycles. The highest BCUT2D eigenvalue weighted by molar-refractivity contribution is 7.89. The number of fused-ring (bicyclic) bond motifs is 1. The minimum absolute atomic E-state index is 0.00966. The molecule has 11 heteroatoms. The highest BCUT2D eigenvalue weighted by Crippen LogP contribution is 2.39. The number of aryl methyl sites for hydroxylation is 2. The van der Waals surface area contributed by atoms with Crippen molar-refractivity contribution in [2.45, 2.75) is 24.8 Å². The van der Waals surface area contributed by atoms with Crippen LogP contribution in [0.1, 0.15) is 23.0 Å². The van der Waals surface area contributed by atoms with E-state index in [2.05, 4.69) is 15.5 Å². The van der Waals surface area contributed by atoms with Crippen LogP contribution < -0.4 is 10.1 Å². The van der Waals surface area contributed by atoms with Gasteiger partial charge in [0.15, 0.2) is 6.61 Å². The van der Waals surface area contributed by atoms with Crippen molar-refractivity contribution < 1.29 is 22.7 Å². The van der Waals surface area contributed by atoms with Crippen LogP contribution in [-0.4, -0.2) is 55.2 Å². The second-order valence-corrected chi connectivity index (χ2v) is 8.94. The minimum atomic E-state index is -3.96. The third kappa shape index (κ3) is 3.16. The summed E-state index contributed by atoms with van der Waals surface area (Å²) >= 11 is 6.29. The van der Waals surface area contributed by atoms with Crippen molar-refractivity contribution in [1.29, 1.82) is 0 Å². The lowest BCUT2D eigenvalue weighted by Crippen LogP contribution is -2.43. The molecule has 1 aromatic heterocycles. The molecule has 1 fully saturated rings. The highest BCUT2D eigenvalue weighted by Gasteiger charge is 2.39. The Balaban J connectivity index is 1.78. The first-order valence-electron chi connectivity index (χ1n) is 8.66. The van der Waals surface area contributed by atoms with E-state index in [-0.39, 0.29) is 47.9 Å². The van der Waals surface area contributed by atoms with Gasteiger partial charge in [-0.3, -0.25) is 9.89 Å². The number of carbonyl (C=O) groups excluding carboxylic acids is 1. The Morgan fingerprint density at radius 2 is 2.11 bits per heavy atom. The predicted molar refractivity (Wildman–Crippen MR) is 101 cm³/mol. The predicted octanol–water partition coefficient (Wildman–Crippen LogP) is 1.77. The molecule has 0 bridgehead atoms. The molecule has 2 N–H and O–H groups in total. The number of H-pyrrole nitrogens is 1. The molecule has 0 radical (unpaired) electrons. The highest BCUT2D eigenvalue weighted by atomic mass is 35.5. The van der Waals surface area contributed by atoms with E-state index in [0.29, 0.717) is 5.69 Å². The fourth-order valence-corrected chi connectivity index (χ4v) is 5.65. The zero-order valence-electron chi connectivity index (χ0n) is 15.3. The summed E-state index contributed by atoms with van der Waals surface area (Å²) in [6.07, 6.45) is 0. The van der Waals surface area contributed by atoms with Gasteiger partial charge in [0.25, 0.3) is 5.91 Å². The number of sulfonamides is 1. The van der Waals surface area contributed by atoms with Crippen molar-refractivity contribution in [1.82, 2.24) is 14.5 Å². The number of amides is 1. The molecule has 1 amide bonds. The molecular formula is C17H19ClN4O5S. The second kappa shape index (κ2) is 7.03. The maximum Gasteiger partial charge on any atom is 0.262 e. The molecule has 0 spiro atoms. The van der Waals surface area contributed by atoms with Gasteiger partial charge in [0.1, 0.15) is 10.6 Å². The molecule has 1 unspecified atom stereocenters. The summed E-state index contributed by atoms with van der Waals surface area (Å²) in [6.45, 7) is 4.16. The van der Waals surface area contributed by atoms with Gasteiger partial charge >= 0.3 is 0 Å². The average Bonchev–Trinajstić information content (AvgIpc) is 2.99. The lowest BCUT2D eigenvalue weighted by atomic mass is 10.1. The quantitative estimate of drug-likeness (QED) is 0.773. The van der Waals surface area contributed by atoms with Crippen LogP contribution in [0.4, 0.5) is 5.69 Å². The van der Waals surface area contributed by atoms with Crippen LogP contribution >= 0.6 is 11.6 Å². The normalized spacial score (nSPS) is 20.4. The molecule has 4 rings (SSSR count). The van der Waals surface area contributed by atoms with E-state index >= 15 is 0 Å². The SMILES string of the molecule is Cc1n[nH]c(C)c1C1COCCN1S(=O)(=O)c1cc2c(cc1Cl)NC(=O)CO2. The summed E-state index contributed by atoms with van der Waals surface area (Å²) in [5.41, 5.74) is 2.65. The van der Waals surface area contributed by atoms with E-state index in [1.165, 1.54) is 16.4 Å². The second-order valence-electron chi connectivity index (χ2n) is 6.67. The molecule has 150 valence electrons. The summed E-state index contributed by atoms with van der Waals surface area (Å²) in [4.78, 5) is 11.4. The first-order chi connectivity index (χ1) is 13.3.